The van der Waals surface area contributed by atoms with E-state index in [2.05, 4.69) is 6.58 Å². The molecule has 94 valence electrons. The largest absolute Gasteiger partial charge is 0.494 e. The van der Waals surface area contributed by atoms with E-state index in [1.807, 2.05) is 0 Å². The fourth-order valence-corrected chi connectivity index (χ4v) is 1.46. The smallest absolute Gasteiger partial charge is 0.448 e. The zero-order valence-corrected chi connectivity index (χ0v) is 8.52. The Labute approximate surface area is 94.0 Å². The van der Waals surface area contributed by atoms with Crippen molar-refractivity contribution in [1.82, 2.24) is 0 Å². The lowest BCUT2D eigenvalue weighted by Crippen LogP contribution is -2.38. The summed E-state index contributed by atoms with van der Waals surface area (Å²) in [4.78, 5) is 0. The van der Waals surface area contributed by atoms with Crippen LogP contribution in [0.4, 0.5) is 26.1 Å². The van der Waals surface area contributed by atoms with Crippen molar-refractivity contribution in [2.75, 3.05) is 0 Å². The summed E-state index contributed by atoms with van der Waals surface area (Å²) >= 11 is 0. The van der Waals surface area contributed by atoms with Gasteiger partial charge in [-0.15, -0.1) is 0 Å². The molecule has 1 unspecified atom stereocenters. The number of rotatable bonds is 3. The van der Waals surface area contributed by atoms with Gasteiger partial charge in [-0.2, -0.15) is 13.2 Å². The lowest BCUT2D eigenvalue weighted by atomic mass is 9.68. The van der Waals surface area contributed by atoms with Gasteiger partial charge in [-0.3, -0.25) is 0 Å². The summed E-state index contributed by atoms with van der Waals surface area (Å²) in [5, 5.41) is 0. The molecule has 1 atom stereocenters. The van der Waals surface area contributed by atoms with E-state index >= 15 is 0 Å². The van der Waals surface area contributed by atoms with E-state index in [4.69, 9.17) is 0 Å². The number of benzene rings is 1. The zero-order valence-electron chi connectivity index (χ0n) is 8.52. The molecule has 7 heteroatoms. The molecule has 0 aliphatic heterocycles. The molecule has 0 fully saturated rings. The van der Waals surface area contributed by atoms with Gasteiger partial charge in [-0.25, -0.2) is 0 Å². The standard InChI is InChI=1S/C10H8BF6/c1-2-7-3-5-8(6-4-7)9(10(12,13)14)11(15,16)17/h2-6,9H,1H2/q-1. The van der Waals surface area contributed by atoms with Gasteiger partial charge < -0.3 is 12.9 Å². The molecule has 0 radical (unpaired) electrons. The maximum absolute atomic E-state index is 12.4. The Balaban J connectivity index is 3.19. The fourth-order valence-electron chi connectivity index (χ4n) is 1.46. The fraction of sp³-hybridized carbons (Fsp3) is 0.200. The Morgan fingerprint density at radius 1 is 1.06 bits per heavy atom. The highest BCUT2D eigenvalue weighted by Crippen LogP contribution is 2.43. The number of hydrogen-bond acceptors (Lipinski definition) is 0. The molecule has 0 heterocycles. The van der Waals surface area contributed by atoms with Gasteiger partial charge in [0.1, 0.15) is 0 Å². The van der Waals surface area contributed by atoms with Gasteiger partial charge in [-0.05, 0) is 5.56 Å². The van der Waals surface area contributed by atoms with E-state index in [-0.39, 0.29) is 0 Å². The van der Waals surface area contributed by atoms with E-state index in [1.54, 1.807) is 0 Å². The Morgan fingerprint density at radius 3 is 1.82 bits per heavy atom. The van der Waals surface area contributed by atoms with Crippen LogP contribution in [0.2, 0.25) is 0 Å². The van der Waals surface area contributed by atoms with E-state index < -0.39 is 24.5 Å². The molecule has 1 rings (SSSR count). The normalized spacial score (nSPS) is 14.5. The second kappa shape index (κ2) is 4.47. The third kappa shape index (κ3) is 3.28. The van der Waals surface area contributed by atoms with Crippen LogP contribution in [-0.4, -0.2) is 13.2 Å². The van der Waals surface area contributed by atoms with Crippen molar-refractivity contribution in [3.63, 3.8) is 0 Å². The Hall–Kier alpha value is -1.40. The third-order valence-corrected chi connectivity index (χ3v) is 2.26. The van der Waals surface area contributed by atoms with Crippen molar-refractivity contribution in [2.24, 2.45) is 0 Å². The number of halogens is 6. The minimum atomic E-state index is -6.02. The van der Waals surface area contributed by atoms with E-state index in [0.717, 1.165) is 12.1 Å². The van der Waals surface area contributed by atoms with Crippen LogP contribution in [0, 0.1) is 0 Å². The van der Waals surface area contributed by atoms with Gasteiger partial charge in [0.25, 0.3) is 0 Å². The number of alkyl halides is 3. The molecule has 0 bridgehead atoms. The Kier molecular flexibility index (Phi) is 3.59. The highest BCUT2D eigenvalue weighted by molar-refractivity contribution is 6.60. The average Bonchev–Trinajstić information content (AvgIpc) is 2.14. The molecule has 0 amide bonds. The second-order valence-electron chi connectivity index (χ2n) is 3.52. The van der Waals surface area contributed by atoms with Crippen LogP contribution in [0.5, 0.6) is 0 Å². The lowest BCUT2D eigenvalue weighted by Gasteiger charge is -2.29. The van der Waals surface area contributed by atoms with Gasteiger partial charge in [0.05, 0.1) is 0 Å². The third-order valence-electron chi connectivity index (χ3n) is 2.26. The molecule has 0 spiro atoms. The quantitative estimate of drug-likeness (QED) is 0.554. The topological polar surface area (TPSA) is 0 Å². The van der Waals surface area contributed by atoms with E-state index in [0.29, 0.717) is 5.56 Å². The first kappa shape index (κ1) is 13.7. The molecular weight excluding hydrogens is 245 g/mol. The second-order valence-corrected chi connectivity index (χ2v) is 3.52. The summed E-state index contributed by atoms with van der Waals surface area (Å²) in [5.74, 6) is -3.39. The van der Waals surface area contributed by atoms with Gasteiger partial charge in [-0.1, -0.05) is 42.5 Å². The Morgan fingerprint density at radius 2 is 1.53 bits per heavy atom. The lowest BCUT2D eigenvalue weighted by molar-refractivity contribution is -0.139. The molecule has 0 aliphatic rings. The minimum absolute atomic E-state index is 0.462. The SMILES string of the molecule is C=Cc1ccc(C([B-](F)(F)F)C(F)(F)F)cc1. The van der Waals surface area contributed by atoms with Crippen LogP contribution in [0.15, 0.2) is 30.8 Å². The van der Waals surface area contributed by atoms with E-state index in [1.165, 1.54) is 18.2 Å². The predicted octanol–water partition coefficient (Wildman–Crippen LogP) is 4.36. The van der Waals surface area contributed by atoms with Crippen LogP contribution in [0.3, 0.4) is 0 Å². The van der Waals surface area contributed by atoms with Crippen molar-refractivity contribution < 1.29 is 26.1 Å². The minimum Gasteiger partial charge on any atom is -0.448 e. The molecule has 1 aromatic rings. The molecular formula is C10H8BF6-. The van der Waals surface area contributed by atoms with Crippen LogP contribution < -0.4 is 0 Å². The maximum Gasteiger partial charge on any atom is 0.494 e. The molecule has 0 aliphatic carbocycles. The summed E-state index contributed by atoms with van der Waals surface area (Å²) in [6.45, 7) is -2.66. The molecule has 1 aromatic carbocycles. The van der Waals surface area contributed by atoms with Crippen LogP contribution in [-0.2, 0) is 0 Å². The summed E-state index contributed by atoms with van der Waals surface area (Å²) in [7, 11) is 0. The molecule has 17 heavy (non-hydrogen) atoms. The summed E-state index contributed by atoms with van der Waals surface area (Å²) in [5.41, 5.74) is -0.333. The first-order valence-corrected chi connectivity index (χ1v) is 4.65. The zero-order chi connectivity index (χ0) is 13.3. The average molecular weight is 253 g/mol. The molecule has 0 N–H and O–H groups in total. The summed E-state index contributed by atoms with van der Waals surface area (Å²) in [6.07, 6.45) is -3.99. The highest BCUT2D eigenvalue weighted by Gasteiger charge is 2.52. The van der Waals surface area contributed by atoms with Crippen molar-refractivity contribution in [1.29, 1.82) is 0 Å². The Bertz CT molecular complexity index is 375. The molecule has 0 saturated heterocycles. The van der Waals surface area contributed by atoms with Crippen LogP contribution in [0.1, 0.15) is 16.9 Å². The van der Waals surface area contributed by atoms with Gasteiger partial charge in [0.2, 0.25) is 0 Å². The van der Waals surface area contributed by atoms with Crippen molar-refractivity contribution in [3.05, 3.63) is 42.0 Å². The highest BCUT2D eigenvalue weighted by atomic mass is 19.4. The van der Waals surface area contributed by atoms with Gasteiger partial charge in [0, 0.05) is 5.82 Å². The molecule has 0 saturated carbocycles. The number of hydrogen-bond donors (Lipinski definition) is 0. The molecule has 0 aromatic heterocycles. The van der Waals surface area contributed by atoms with E-state index in [9.17, 15) is 26.1 Å². The molecule has 0 nitrogen and oxygen atoms in total. The van der Waals surface area contributed by atoms with Crippen LogP contribution >= 0.6 is 0 Å². The summed E-state index contributed by atoms with van der Waals surface area (Å²) in [6, 6.07) is 3.99. The van der Waals surface area contributed by atoms with Crippen LogP contribution in [0.25, 0.3) is 6.08 Å². The monoisotopic (exact) mass is 253 g/mol. The first-order valence-electron chi connectivity index (χ1n) is 4.65. The summed E-state index contributed by atoms with van der Waals surface area (Å²) < 4.78 is 74.3. The maximum atomic E-state index is 12.4. The predicted molar refractivity (Wildman–Crippen MR) is 54.4 cm³/mol. The van der Waals surface area contributed by atoms with Gasteiger partial charge in [0.15, 0.2) is 0 Å². The first-order chi connectivity index (χ1) is 7.66. The van der Waals surface area contributed by atoms with Crippen molar-refractivity contribution >= 4 is 13.1 Å². The van der Waals surface area contributed by atoms with Gasteiger partial charge >= 0.3 is 13.2 Å². The van der Waals surface area contributed by atoms with Crippen molar-refractivity contribution in [2.45, 2.75) is 12.0 Å². The van der Waals surface area contributed by atoms with Crippen molar-refractivity contribution in [3.8, 4) is 0 Å².